The van der Waals surface area contributed by atoms with Crippen molar-refractivity contribution in [1.82, 2.24) is 15.2 Å². The molecule has 1 fully saturated rings. The molecule has 122 heavy (non-hydrogen) atoms. The quantitative estimate of drug-likeness (QED) is 0.00963. The molecular weight excluding hydrogens is 1600 g/mol. The summed E-state index contributed by atoms with van der Waals surface area (Å²) in [6, 6.07) is 18.2. The Labute approximate surface area is 709 Å². The molecule has 22 N–H and O–H groups in total. The zero-order valence-electron chi connectivity index (χ0n) is 68.5. The SMILES string of the molecule is CC(=O)O.CC(O)=NC(Cc1ccc2ccccc2c1)C(O)=NC(Cc1ccc(Cl)cc1)C(O)=NC(Cc1cccnc1)C(O)=NC(CO)C(O)=NC(Cc1ccc(NC(=O)C2CC(O)=NC(O)=N2)cc1)C(O)=NC(Cc1ccc(NC(=N)O)cc1)C(O)=NC(CC(C)C)C(O)=NC(CCCCNC(C)C)C(=O)N1CCCC1C(O)=NC(C)C(=N)O.O. The molecule has 3 heterocycles. The smallest absolute Gasteiger partial charge is 0.312 e. The van der Waals surface area contributed by atoms with Crippen molar-refractivity contribution in [3.63, 3.8) is 0 Å². The van der Waals surface area contributed by atoms with E-state index in [4.69, 9.17) is 32.3 Å². The van der Waals surface area contributed by atoms with Gasteiger partial charge in [0.2, 0.25) is 64.9 Å². The molecule has 2 aliphatic rings. The number of hydrogen-bond donors (Lipinski definition) is 20. The Kier molecular flexibility index (Phi) is 38.7. The first kappa shape index (κ1) is 97.8. The molecule has 0 bridgehead atoms. The van der Waals surface area contributed by atoms with Gasteiger partial charge in [-0.15, -0.1) is 0 Å². The molecule has 5 aromatic carbocycles. The molecule has 11 unspecified atom stereocenters. The van der Waals surface area contributed by atoms with Gasteiger partial charge in [0, 0.05) is 87.3 Å². The van der Waals surface area contributed by atoms with Gasteiger partial charge >= 0.3 is 6.02 Å². The number of benzene rings is 5. The highest BCUT2D eigenvalue weighted by atomic mass is 35.5. The second kappa shape index (κ2) is 48.3. The summed E-state index contributed by atoms with van der Waals surface area (Å²) < 4.78 is 0. The number of anilines is 2. The Morgan fingerprint density at radius 2 is 1.02 bits per heavy atom. The van der Waals surface area contributed by atoms with Gasteiger partial charge in [-0.05, 0) is 139 Å². The zero-order chi connectivity index (χ0) is 88.6. The lowest BCUT2D eigenvalue weighted by Gasteiger charge is -2.27. The highest BCUT2D eigenvalue weighted by Crippen LogP contribution is 2.27. The number of nitrogens with one attached hydrogen (secondary N) is 5. The first-order chi connectivity index (χ1) is 57.5. The molecule has 37 nitrogen and oxygen atoms in total. The van der Waals surface area contributed by atoms with E-state index in [1.807, 2.05) is 70.2 Å². The van der Waals surface area contributed by atoms with Crippen molar-refractivity contribution in [3.8, 4) is 0 Å². The normalized spacial score (nSPS) is 17.6. The number of aliphatic imine (C=N–C) groups is 11. The maximum absolute atomic E-state index is 14.8. The number of likely N-dealkylation sites (tertiary alicyclic amines) is 1. The number of aliphatic hydroxyl groups is 14. The van der Waals surface area contributed by atoms with Crippen LogP contribution in [-0.4, -0.2) is 279 Å². The number of hydrogen-bond acceptors (Lipinski definition) is 19. The third kappa shape index (κ3) is 32.3. The van der Waals surface area contributed by atoms with Gasteiger partial charge in [0.25, 0.3) is 12.0 Å². The Hall–Kier alpha value is -13.0. The summed E-state index contributed by atoms with van der Waals surface area (Å²) in [7, 11) is 0. The van der Waals surface area contributed by atoms with E-state index in [1.165, 1.54) is 67.5 Å². The topological polar surface area (TPSA) is 622 Å². The van der Waals surface area contributed by atoms with Gasteiger partial charge in [0.05, 0.1) is 13.0 Å². The molecule has 6 aromatic rings. The number of carbonyl (C=O) groups excluding carboxylic acids is 2. The minimum absolute atomic E-state index is 0. The molecule has 0 saturated carbocycles. The van der Waals surface area contributed by atoms with E-state index in [-0.39, 0.29) is 92.6 Å². The number of pyridine rings is 1. The van der Waals surface area contributed by atoms with Crippen molar-refractivity contribution >= 4 is 128 Å². The predicted octanol–water partition coefficient (Wildman–Crippen LogP) is 10.9. The first-order valence-corrected chi connectivity index (χ1v) is 39.5. The van der Waals surface area contributed by atoms with Crippen LogP contribution in [0.2, 0.25) is 5.02 Å². The van der Waals surface area contributed by atoms with E-state index in [9.17, 15) is 81.1 Å². The van der Waals surface area contributed by atoms with Crippen LogP contribution in [0.25, 0.3) is 10.8 Å². The maximum atomic E-state index is 14.8. The Morgan fingerprint density at radius 1 is 0.549 bits per heavy atom. The summed E-state index contributed by atoms with van der Waals surface area (Å²) in [4.78, 5) is 90.0. The Bertz CT molecular complexity index is 4840. The molecule has 0 radical (unpaired) electrons. The van der Waals surface area contributed by atoms with Gasteiger partial charge in [0.15, 0.2) is 17.8 Å². The summed E-state index contributed by atoms with van der Waals surface area (Å²) in [5.41, 5.74) is 2.94. The van der Waals surface area contributed by atoms with E-state index in [0.29, 0.717) is 59.5 Å². The highest BCUT2D eigenvalue weighted by molar-refractivity contribution is 6.30. The number of aliphatic hydroxyl groups excluding tert-OH is 14. The number of nitrogens with zero attached hydrogens (tertiary/aromatic N) is 13. The molecule has 656 valence electrons. The van der Waals surface area contributed by atoms with Gasteiger partial charge in [0.1, 0.15) is 60.4 Å². The van der Waals surface area contributed by atoms with Crippen LogP contribution in [0.3, 0.4) is 0 Å². The molecule has 1 aromatic heterocycles. The molecule has 38 heteroatoms. The number of amides is 2. The van der Waals surface area contributed by atoms with Crippen molar-refractivity contribution in [2.24, 2.45) is 60.8 Å². The second-order valence-corrected chi connectivity index (χ2v) is 30.0. The standard InChI is InChI=1S/C82H103ClN18O16.C2H4O2.H2O/c1-45(2)35-60(72(107)92-59(16-9-10-33-87-46(3)4)80(115)101-34-12-17-68(101)79(114)88-47(5)70(84)105)93-74(109)63(38-51-23-30-58(31-24-51)91-81(85)116)95-76(111)64(39-50-21-28-57(29-22-50)90-71(106)66-42-69(104)100-82(117)99-66)97-78(113)67(44-102)98-77(112)65(41-53-13-11-32-86-43-53)96-75(110)62(37-49-19-26-56(83)27-20-49)94-73(108)61(89-48(6)103)40-52-18-25-54-14-7-8-15-55(54)36-52;1-2(3)4;/h7-8,11,13-15,18-32,36,43,45-47,59-68,87,102H,9-10,12,16-17,33-35,37-42,44H2,1-6H3,(H2,84,105)(H,88,114)(H,89,103)(H,90,106)(H,92,107)(H,93,109)(H,94,108)(H,95,111)(H,96,110)(H,97,113)(H,98,112)(H3,85,91,116)(H2,99,100,104,117);1H3,(H,3,4);1H2. The predicted molar refractivity (Wildman–Crippen MR) is 474 cm³/mol. The fraction of sp³-hybridized carbons (Fsp3) is 0.417. The average Bonchev–Trinajstić information content (AvgIpc) is 1.67. The number of halogens is 1. The summed E-state index contributed by atoms with van der Waals surface area (Å²) >= 11 is 6.29. The molecule has 0 spiro atoms. The van der Waals surface area contributed by atoms with E-state index in [1.54, 1.807) is 48.5 Å². The van der Waals surface area contributed by atoms with E-state index >= 15 is 0 Å². The first-order valence-electron chi connectivity index (χ1n) is 39.2. The lowest BCUT2D eigenvalue weighted by molar-refractivity contribution is -0.134. The fourth-order valence-corrected chi connectivity index (χ4v) is 13.0. The van der Waals surface area contributed by atoms with Crippen LogP contribution in [-0.2, 0) is 46.5 Å². The van der Waals surface area contributed by atoms with Crippen LogP contribution >= 0.6 is 11.6 Å². The highest BCUT2D eigenvalue weighted by Gasteiger charge is 2.38. The second-order valence-electron chi connectivity index (χ2n) is 29.6. The number of amidine groups is 2. The third-order valence-corrected chi connectivity index (χ3v) is 19.1. The van der Waals surface area contributed by atoms with Gasteiger partial charge < -0.3 is 103 Å². The van der Waals surface area contributed by atoms with Crippen LogP contribution in [0.15, 0.2) is 195 Å². The molecular formula is C84H109ClN18O19. The molecule has 1 saturated heterocycles. The number of carboxylic acid groups (broad SMARTS) is 1. The number of carbonyl (C=O) groups is 3. The maximum Gasteiger partial charge on any atom is 0.312 e. The summed E-state index contributed by atoms with van der Waals surface area (Å²) in [5.74, 6) is -10.3. The van der Waals surface area contributed by atoms with Gasteiger partial charge in [-0.2, -0.15) is 4.99 Å². The number of carboxylic acids is 1. The van der Waals surface area contributed by atoms with Gasteiger partial charge in [-0.3, -0.25) is 30.2 Å². The van der Waals surface area contributed by atoms with E-state index in [0.717, 1.165) is 23.3 Å². The number of fused-ring (bicyclic) bond motifs is 1. The lowest BCUT2D eigenvalue weighted by Crippen LogP contribution is -2.46. The largest absolute Gasteiger partial charge is 0.497 e. The van der Waals surface area contributed by atoms with Crippen LogP contribution in [0, 0.1) is 16.7 Å². The molecule has 0 aliphatic carbocycles. The fourth-order valence-electron chi connectivity index (χ4n) is 12.8. The van der Waals surface area contributed by atoms with Crippen LogP contribution in [0.1, 0.15) is 121 Å². The van der Waals surface area contributed by atoms with Crippen molar-refractivity contribution in [2.75, 3.05) is 30.3 Å². The van der Waals surface area contributed by atoms with Crippen LogP contribution < -0.4 is 16.0 Å². The monoisotopic (exact) mass is 1710 g/mol. The average molecular weight is 1710 g/mol. The van der Waals surface area contributed by atoms with Crippen molar-refractivity contribution in [1.29, 1.82) is 10.8 Å². The molecule has 2 aliphatic heterocycles. The minimum Gasteiger partial charge on any atom is -0.497 e. The number of aromatic nitrogens is 1. The molecule has 2 amide bonds. The van der Waals surface area contributed by atoms with Gasteiger partial charge in [-0.1, -0.05) is 124 Å². The molecule has 11 atom stereocenters. The van der Waals surface area contributed by atoms with Gasteiger partial charge in [-0.25, -0.2) is 49.9 Å². The lowest BCUT2D eigenvalue weighted by atomic mass is 10.0. The number of unbranched alkanes of at least 4 members (excludes halogenated alkanes) is 1. The third-order valence-electron chi connectivity index (χ3n) is 18.8. The zero-order valence-corrected chi connectivity index (χ0v) is 69.3. The Morgan fingerprint density at radius 3 is 1.51 bits per heavy atom. The van der Waals surface area contributed by atoms with Crippen molar-refractivity contribution in [3.05, 3.63) is 173 Å². The molecule has 8 rings (SSSR count). The number of aliphatic carboxylic acids is 1. The van der Waals surface area contributed by atoms with Crippen LogP contribution in [0.5, 0.6) is 0 Å². The van der Waals surface area contributed by atoms with E-state index in [2.05, 4.69) is 75.9 Å². The summed E-state index contributed by atoms with van der Waals surface area (Å²) in [6.45, 7) is 11.1. The van der Waals surface area contributed by atoms with Crippen molar-refractivity contribution < 1.29 is 96.5 Å². The van der Waals surface area contributed by atoms with E-state index < -0.39 is 162 Å². The minimum atomic E-state index is -1.90. The summed E-state index contributed by atoms with van der Waals surface area (Å²) in [5, 5.41) is 192. The van der Waals surface area contributed by atoms with Crippen molar-refractivity contribution in [2.45, 2.75) is 198 Å². The van der Waals surface area contributed by atoms with Crippen LogP contribution in [0.4, 0.5) is 11.4 Å². The summed E-state index contributed by atoms with van der Waals surface area (Å²) in [6.07, 6.45) is 3.50. The number of rotatable bonds is 41. The Balaban J connectivity index is 0.00000450.